The van der Waals surface area contributed by atoms with Crippen molar-refractivity contribution >= 4 is 10.0 Å². The molecule has 3 aromatic rings. The molecule has 3 rings (SSSR count). The molecule has 136 valence electrons. The van der Waals surface area contributed by atoms with Gasteiger partial charge in [0.15, 0.2) is 0 Å². The number of furan rings is 1. The van der Waals surface area contributed by atoms with E-state index in [1.165, 1.54) is 4.31 Å². The molecule has 0 aliphatic carbocycles. The highest BCUT2D eigenvalue weighted by molar-refractivity contribution is 7.89. The quantitative estimate of drug-likeness (QED) is 0.658. The van der Waals surface area contributed by atoms with Crippen LogP contribution in [0.2, 0.25) is 0 Å². The third-order valence-electron chi connectivity index (χ3n) is 4.18. The van der Waals surface area contributed by atoms with E-state index in [-0.39, 0.29) is 13.1 Å². The van der Waals surface area contributed by atoms with Crippen LogP contribution in [-0.4, -0.2) is 17.7 Å². The first-order chi connectivity index (χ1) is 12.4. The molecular weight excluding hydrogens is 348 g/mol. The minimum atomic E-state index is -3.72. The molecule has 0 N–H and O–H groups in total. The summed E-state index contributed by atoms with van der Waals surface area (Å²) in [4.78, 5) is 4.63. The van der Waals surface area contributed by atoms with Crippen molar-refractivity contribution < 1.29 is 12.8 Å². The van der Waals surface area contributed by atoms with Gasteiger partial charge in [-0.1, -0.05) is 23.8 Å². The summed E-state index contributed by atoms with van der Waals surface area (Å²) in [5.41, 5.74) is 3.22. The van der Waals surface area contributed by atoms with Gasteiger partial charge in [0.2, 0.25) is 10.0 Å². The largest absolute Gasteiger partial charge is 0.468 e. The molecule has 26 heavy (non-hydrogen) atoms. The third kappa shape index (κ3) is 3.86. The summed E-state index contributed by atoms with van der Waals surface area (Å²) in [6.45, 7) is 5.96. The number of aromatic nitrogens is 1. The van der Waals surface area contributed by atoms with Crippen LogP contribution in [0.3, 0.4) is 0 Å². The smallest absolute Gasteiger partial charge is 0.244 e. The van der Waals surface area contributed by atoms with Crippen LogP contribution in [0.25, 0.3) is 0 Å². The van der Waals surface area contributed by atoms with E-state index in [4.69, 9.17) is 4.42 Å². The minimum Gasteiger partial charge on any atom is -0.468 e. The predicted octanol–water partition coefficient (Wildman–Crippen LogP) is 3.99. The lowest BCUT2D eigenvalue weighted by Gasteiger charge is -2.23. The molecule has 0 fully saturated rings. The zero-order chi connectivity index (χ0) is 18.7. The maximum atomic E-state index is 13.5. The second-order valence-electron chi connectivity index (χ2n) is 6.40. The molecule has 0 amide bonds. The van der Waals surface area contributed by atoms with Crippen molar-refractivity contribution in [1.82, 2.24) is 9.29 Å². The number of hydrogen-bond donors (Lipinski definition) is 0. The van der Waals surface area contributed by atoms with E-state index in [1.807, 2.05) is 51.1 Å². The Hall–Kier alpha value is -2.44. The summed E-state index contributed by atoms with van der Waals surface area (Å²) in [7, 11) is -3.72. The Labute approximate surface area is 154 Å². The minimum absolute atomic E-state index is 0.151. The van der Waals surface area contributed by atoms with E-state index in [1.54, 1.807) is 24.6 Å². The Morgan fingerprint density at radius 2 is 1.73 bits per heavy atom. The lowest BCUT2D eigenvalue weighted by Crippen LogP contribution is -2.31. The normalized spacial score (nSPS) is 11.8. The standard InChI is InChI=1S/C20H22N2O3S/c1-15-11-16(2)20(17(3)12-15)26(23,24)22(14-19-8-6-10-25-19)13-18-7-4-5-9-21-18/h4-12H,13-14H2,1-3H3. The van der Waals surface area contributed by atoms with Gasteiger partial charge in [-0.3, -0.25) is 4.98 Å². The topological polar surface area (TPSA) is 63.4 Å². The molecule has 0 saturated carbocycles. The molecule has 0 unspecified atom stereocenters. The van der Waals surface area contributed by atoms with E-state index in [0.717, 1.165) is 16.7 Å². The highest BCUT2D eigenvalue weighted by Gasteiger charge is 2.29. The van der Waals surface area contributed by atoms with Crippen LogP contribution < -0.4 is 0 Å². The number of benzene rings is 1. The monoisotopic (exact) mass is 370 g/mol. The van der Waals surface area contributed by atoms with Crippen LogP contribution >= 0.6 is 0 Å². The Balaban J connectivity index is 2.05. The summed E-state index contributed by atoms with van der Waals surface area (Å²) in [6.07, 6.45) is 3.21. The first-order valence-corrected chi connectivity index (χ1v) is 9.82. The van der Waals surface area contributed by atoms with Gasteiger partial charge >= 0.3 is 0 Å². The van der Waals surface area contributed by atoms with Crippen LogP contribution in [0, 0.1) is 20.8 Å². The zero-order valence-electron chi connectivity index (χ0n) is 15.1. The molecule has 2 aromatic heterocycles. The van der Waals surface area contributed by atoms with Crippen LogP contribution in [0.5, 0.6) is 0 Å². The third-order valence-corrected chi connectivity index (χ3v) is 6.28. The van der Waals surface area contributed by atoms with Crippen LogP contribution in [0.15, 0.2) is 64.2 Å². The van der Waals surface area contributed by atoms with Crippen molar-refractivity contribution in [2.75, 3.05) is 0 Å². The van der Waals surface area contributed by atoms with Gasteiger partial charge in [-0.05, 0) is 56.2 Å². The summed E-state index contributed by atoms with van der Waals surface area (Å²) in [6, 6.07) is 12.8. The predicted molar refractivity (Wildman–Crippen MR) is 100 cm³/mol. The molecule has 0 atom stereocenters. The molecule has 0 bridgehead atoms. The van der Waals surface area contributed by atoms with E-state index in [2.05, 4.69) is 4.98 Å². The Morgan fingerprint density at radius 1 is 1.00 bits per heavy atom. The van der Waals surface area contributed by atoms with E-state index >= 15 is 0 Å². The summed E-state index contributed by atoms with van der Waals surface area (Å²) >= 11 is 0. The summed E-state index contributed by atoms with van der Waals surface area (Å²) in [5.74, 6) is 0.590. The van der Waals surface area contributed by atoms with Gasteiger partial charge in [0, 0.05) is 6.20 Å². The molecular formula is C20H22N2O3S. The fraction of sp³-hybridized carbons (Fsp3) is 0.250. The maximum absolute atomic E-state index is 13.5. The number of aryl methyl sites for hydroxylation is 3. The molecule has 2 heterocycles. The van der Waals surface area contributed by atoms with E-state index in [0.29, 0.717) is 16.3 Å². The number of pyridine rings is 1. The molecule has 0 aliphatic heterocycles. The van der Waals surface area contributed by atoms with Gasteiger partial charge in [0.1, 0.15) is 5.76 Å². The van der Waals surface area contributed by atoms with Crippen molar-refractivity contribution in [2.24, 2.45) is 0 Å². The van der Waals surface area contributed by atoms with Crippen molar-refractivity contribution in [2.45, 2.75) is 38.8 Å². The lowest BCUT2D eigenvalue weighted by molar-refractivity contribution is 0.355. The Kier molecular flexibility index (Phi) is 5.25. The Bertz CT molecular complexity index is 958. The number of rotatable bonds is 6. The van der Waals surface area contributed by atoms with Crippen molar-refractivity contribution in [3.8, 4) is 0 Å². The van der Waals surface area contributed by atoms with Crippen molar-refractivity contribution in [3.05, 3.63) is 83.1 Å². The second kappa shape index (κ2) is 7.43. The SMILES string of the molecule is Cc1cc(C)c(S(=O)(=O)N(Cc2ccccn2)Cc2ccco2)c(C)c1. The summed E-state index contributed by atoms with van der Waals surface area (Å²) < 4.78 is 33.7. The molecule has 0 saturated heterocycles. The molecule has 6 heteroatoms. The van der Waals surface area contributed by atoms with Gasteiger partial charge in [0.05, 0.1) is 29.9 Å². The zero-order valence-corrected chi connectivity index (χ0v) is 16.0. The van der Waals surface area contributed by atoms with Crippen molar-refractivity contribution in [1.29, 1.82) is 0 Å². The van der Waals surface area contributed by atoms with Gasteiger partial charge in [-0.25, -0.2) is 8.42 Å². The van der Waals surface area contributed by atoms with Crippen LogP contribution in [0.1, 0.15) is 28.1 Å². The van der Waals surface area contributed by atoms with Crippen molar-refractivity contribution in [3.63, 3.8) is 0 Å². The highest BCUT2D eigenvalue weighted by atomic mass is 32.2. The van der Waals surface area contributed by atoms with Gasteiger partial charge < -0.3 is 4.42 Å². The van der Waals surface area contributed by atoms with E-state index in [9.17, 15) is 8.42 Å². The average Bonchev–Trinajstić information content (AvgIpc) is 3.07. The molecule has 0 radical (unpaired) electrons. The summed E-state index contributed by atoms with van der Waals surface area (Å²) in [5, 5.41) is 0. The lowest BCUT2D eigenvalue weighted by atomic mass is 10.1. The molecule has 5 nitrogen and oxygen atoms in total. The fourth-order valence-corrected chi connectivity index (χ4v) is 4.97. The van der Waals surface area contributed by atoms with Crippen LogP contribution in [-0.2, 0) is 23.1 Å². The fourth-order valence-electron chi connectivity index (χ4n) is 3.18. The molecule has 1 aromatic carbocycles. The van der Waals surface area contributed by atoms with Gasteiger partial charge in [0.25, 0.3) is 0 Å². The molecule has 0 spiro atoms. The highest BCUT2D eigenvalue weighted by Crippen LogP contribution is 2.27. The van der Waals surface area contributed by atoms with Crippen LogP contribution in [0.4, 0.5) is 0 Å². The number of sulfonamides is 1. The van der Waals surface area contributed by atoms with E-state index < -0.39 is 10.0 Å². The number of hydrogen-bond acceptors (Lipinski definition) is 4. The Morgan fingerprint density at radius 3 is 2.31 bits per heavy atom. The first kappa shape index (κ1) is 18.4. The first-order valence-electron chi connectivity index (χ1n) is 8.38. The second-order valence-corrected chi connectivity index (χ2v) is 8.28. The average molecular weight is 370 g/mol. The number of nitrogens with zero attached hydrogens (tertiary/aromatic N) is 2. The van der Waals surface area contributed by atoms with Gasteiger partial charge in [-0.2, -0.15) is 4.31 Å². The molecule has 0 aliphatic rings. The van der Waals surface area contributed by atoms with Gasteiger partial charge in [-0.15, -0.1) is 0 Å². The maximum Gasteiger partial charge on any atom is 0.244 e.